The predicted molar refractivity (Wildman–Crippen MR) is 141 cm³/mol. The highest BCUT2D eigenvalue weighted by Crippen LogP contribution is 2.29. The number of carbonyl (C=O) groups excluding carboxylic acids is 3. The molecule has 0 spiro atoms. The molecule has 2 rings (SSSR count). The van der Waals surface area contributed by atoms with Crippen molar-refractivity contribution in [1.82, 2.24) is 10.2 Å². The van der Waals surface area contributed by atoms with Crippen molar-refractivity contribution in [2.45, 2.75) is 52.3 Å². The number of carbonyl (C=O) groups is 3. The van der Waals surface area contributed by atoms with Gasteiger partial charge >= 0.3 is 6.09 Å². The average Bonchev–Trinajstić information content (AvgIpc) is 2.77. The summed E-state index contributed by atoms with van der Waals surface area (Å²) in [4.78, 5) is 40.2. The van der Waals surface area contributed by atoms with Gasteiger partial charge in [0.05, 0.1) is 10.7 Å². The van der Waals surface area contributed by atoms with Crippen LogP contribution in [0.5, 0.6) is 0 Å². The molecule has 0 saturated heterocycles. The maximum Gasteiger partial charge on any atom is 0.408 e. The van der Waals surface area contributed by atoms with E-state index < -0.39 is 35.6 Å². The lowest BCUT2D eigenvalue weighted by molar-refractivity contribution is -0.136. The van der Waals surface area contributed by atoms with Gasteiger partial charge in [0.25, 0.3) is 11.8 Å². The van der Waals surface area contributed by atoms with Gasteiger partial charge in [-0.05, 0) is 51.8 Å². The molecular formula is C26H30ClN3O4S. The van der Waals surface area contributed by atoms with Gasteiger partial charge in [0.1, 0.15) is 17.7 Å². The number of hydrogen-bond donors (Lipinski definition) is 3. The first-order valence-corrected chi connectivity index (χ1v) is 11.9. The molecule has 0 bridgehead atoms. The molecule has 0 fully saturated rings. The van der Waals surface area contributed by atoms with E-state index in [1.165, 1.54) is 0 Å². The standard InChI is InChI=1S/C26H30ClN3O4S/c1-7-30(24(32)20(15-35)28-25(33)34-26(4,5)6)22(18-13-11-16(2)12-14-18)23(31)29-21-17(3)9-8-10-19(21)27/h1,8-14,20,22,35H,15H2,2-6H3,(H,28,33)(H,29,31). The Hall–Kier alpha value is -3.15. The number of aryl methyl sites for hydroxylation is 2. The third kappa shape index (κ3) is 7.67. The fraction of sp³-hybridized carbons (Fsp3) is 0.346. The van der Waals surface area contributed by atoms with E-state index >= 15 is 0 Å². The fourth-order valence-electron chi connectivity index (χ4n) is 3.22. The maximum absolute atomic E-state index is 13.5. The van der Waals surface area contributed by atoms with E-state index in [0.717, 1.165) is 16.0 Å². The van der Waals surface area contributed by atoms with E-state index in [1.54, 1.807) is 58.0 Å². The van der Waals surface area contributed by atoms with E-state index in [0.29, 0.717) is 16.3 Å². The summed E-state index contributed by atoms with van der Waals surface area (Å²) in [5, 5.41) is 5.63. The monoisotopic (exact) mass is 515 g/mol. The van der Waals surface area contributed by atoms with Crippen molar-refractivity contribution in [3.63, 3.8) is 0 Å². The first-order chi connectivity index (χ1) is 16.4. The van der Waals surface area contributed by atoms with Crippen molar-refractivity contribution >= 4 is 47.8 Å². The molecule has 2 aromatic rings. The van der Waals surface area contributed by atoms with Crippen LogP contribution in [0.25, 0.3) is 0 Å². The van der Waals surface area contributed by atoms with Crippen molar-refractivity contribution in [2.24, 2.45) is 0 Å². The number of nitrogens with one attached hydrogen (secondary N) is 2. The summed E-state index contributed by atoms with van der Waals surface area (Å²) in [7, 11) is 0. The van der Waals surface area contributed by atoms with Gasteiger partial charge in [-0.2, -0.15) is 12.6 Å². The second-order valence-electron chi connectivity index (χ2n) is 8.95. The highest BCUT2D eigenvalue weighted by Gasteiger charge is 2.35. The maximum atomic E-state index is 13.5. The highest BCUT2D eigenvalue weighted by molar-refractivity contribution is 7.80. The van der Waals surface area contributed by atoms with Crippen LogP contribution in [0.3, 0.4) is 0 Å². The van der Waals surface area contributed by atoms with Gasteiger partial charge in [-0.1, -0.05) is 60.0 Å². The molecule has 2 atom stereocenters. The Morgan fingerprint density at radius 3 is 2.29 bits per heavy atom. The minimum Gasteiger partial charge on any atom is -0.444 e. The Bertz CT molecular complexity index is 1100. The van der Waals surface area contributed by atoms with Crippen LogP contribution in [-0.4, -0.2) is 40.2 Å². The summed E-state index contributed by atoms with van der Waals surface area (Å²) >= 11 is 10.5. The zero-order chi connectivity index (χ0) is 26.3. The van der Waals surface area contributed by atoms with Crippen LogP contribution in [-0.2, 0) is 14.3 Å². The number of para-hydroxylation sites is 1. The number of hydrogen-bond acceptors (Lipinski definition) is 5. The second kappa shape index (κ2) is 12.0. The van der Waals surface area contributed by atoms with Crippen molar-refractivity contribution in [1.29, 1.82) is 0 Å². The van der Waals surface area contributed by atoms with Gasteiger partial charge in [-0.25, -0.2) is 4.79 Å². The summed E-state index contributed by atoms with van der Waals surface area (Å²) in [5.41, 5.74) is 1.84. The molecule has 0 aliphatic carbocycles. The SMILES string of the molecule is C#CN(C(=O)C(CS)NC(=O)OC(C)(C)C)C(C(=O)Nc1c(C)cccc1Cl)c1ccc(C)cc1. The number of anilines is 1. The normalized spacial score (nSPS) is 12.6. The molecular weight excluding hydrogens is 486 g/mol. The second-order valence-corrected chi connectivity index (χ2v) is 9.73. The molecule has 3 amide bonds. The molecule has 2 N–H and O–H groups in total. The van der Waals surface area contributed by atoms with E-state index in [9.17, 15) is 14.4 Å². The third-order valence-corrected chi connectivity index (χ3v) is 5.60. The molecule has 0 radical (unpaired) electrons. The largest absolute Gasteiger partial charge is 0.444 e. The number of nitrogens with zero attached hydrogens (tertiary/aromatic N) is 1. The van der Waals surface area contributed by atoms with Crippen molar-refractivity contribution in [3.8, 4) is 12.5 Å². The van der Waals surface area contributed by atoms with E-state index in [-0.39, 0.29) is 5.75 Å². The average molecular weight is 516 g/mol. The molecule has 2 unspecified atom stereocenters. The Labute approximate surface area is 217 Å². The molecule has 0 heterocycles. The lowest BCUT2D eigenvalue weighted by atomic mass is 10.0. The number of terminal acetylenes is 1. The smallest absolute Gasteiger partial charge is 0.408 e. The molecule has 186 valence electrons. The van der Waals surface area contributed by atoms with Crippen LogP contribution in [0.1, 0.15) is 43.5 Å². The number of thiol groups is 1. The number of ether oxygens (including phenoxy) is 1. The molecule has 9 heteroatoms. The first-order valence-electron chi connectivity index (χ1n) is 10.9. The van der Waals surface area contributed by atoms with E-state index in [4.69, 9.17) is 22.8 Å². The summed E-state index contributed by atoms with van der Waals surface area (Å²) in [6.45, 7) is 8.80. The summed E-state index contributed by atoms with van der Waals surface area (Å²) in [6.07, 6.45) is 4.94. The molecule has 35 heavy (non-hydrogen) atoms. The third-order valence-electron chi connectivity index (χ3n) is 4.92. The van der Waals surface area contributed by atoms with Crippen LogP contribution in [0.2, 0.25) is 5.02 Å². The van der Waals surface area contributed by atoms with Gasteiger partial charge in [-0.3, -0.25) is 14.5 Å². The van der Waals surface area contributed by atoms with Crippen LogP contribution in [0.15, 0.2) is 42.5 Å². The first kappa shape index (κ1) is 28.1. The minimum atomic E-state index is -1.20. The zero-order valence-corrected chi connectivity index (χ0v) is 22.0. The predicted octanol–water partition coefficient (Wildman–Crippen LogP) is 4.88. The number of halogens is 1. The Kier molecular flexibility index (Phi) is 9.64. The topological polar surface area (TPSA) is 87.7 Å². The van der Waals surface area contributed by atoms with Crippen molar-refractivity contribution in [2.75, 3.05) is 11.1 Å². The Balaban J connectivity index is 2.43. The number of alkyl carbamates (subject to hydrolysis) is 1. The number of amides is 3. The zero-order valence-electron chi connectivity index (χ0n) is 20.4. The summed E-state index contributed by atoms with van der Waals surface area (Å²) in [5.74, 6) is -1.32. The molecule has 7 nitrogen and oxygen atoms in total. The van der Waals surface area contributed by atoms with Crippen LogP contribution < -0.4 is 10.6 Å². The lowest BCUT2D eigenvalue weighted by Gasteiger charge is -2.30. The van der Waals surface area contributed by atoms with Crippen LogP contribution in [0.4, 0.5) is 10.5 Å². The van der Waals surface area contributed by atoms with Gasteiger partial charge in [0, 0.05) is 11.8 Å². The van der Waals surface area contributed by atoms with Gasteiger partial charge in [0.15, 0.2) is 0 Å². The molecule has 0 aromatic heterocycles. The quantitative estimate of drug-likeness (QED) is 0.278. The van der Waals surface area contributed by atoms with E-state index in [2.05, 4.69) is 29.3 Å². The molecule has 0 aliphatic rings. The summed E-state index contributed by atoms with van der Waals surface area (Å²) in [6, 6.07) is 12.2. The van der Waals surface area contributed by atoms with Gasteiger partial charge < -0.3 is 15.4 Å². The molecule has 0 saturated carbocycles. The van der Waals surface area contributed by atoms with Gasteiger partial charge in [-0.15, -0.1) is 0 Å². The minimum absolute atomic E-state index is 0.0673. The van der Waals surface area contributed by atoms with E-state index in [1.807, 2.05) is 19.1 Å². The summed E-state index contributed by atoms with van der Waals surface area (Å²) < 4.78 is 5.24. The van der Waals surface area contributed by atoms with Crippen LogP contribution in [0, 0.1) is 26.3 Å². The molecule has 0 aliphatic heterocycles. The Morgan fingerprint density at radius 2 is 1.77 bits per heavy atom. The fourth-order valence-corrected chi connectivity index (χ4v) is 3.73. The van der Waals surface area contributed by atoms with Crippen molar-refractivity contribution in [3.05, 3.63) is 64.2 Å². The highest BCUT2D eigenvalue weighted by atomic mass is 35.5. The van der Waals surface area contributed by atoms with Crippen molar-refractivity contribution < 1.29 is 19.1 Å². The number of benzene rings is 2. The van der Waals surface area contributed by atoms with Crippen LogP contribution >= 0.6 is 24.2 Å². The lowest BCUT2D eigenvalue weighted by Crippen LogP contribution is -2.51. The number of rotatable bonds is 7. The molecule has 2 aromatic carbocycles. The Morgan fingerprint density at radius 1 is 1.14 bits per heavy atom. The van der Waals surface area contributed by atoms with Gasteiger partial charge in [0.2, 0.25) is 0 Å².